The van der Waals surface area contributed by atoms with Crippen LogP contribution in [0.4, 0.5) is 10.8 Å². The van der Waals surface area contributed by atoms with Crippen molar-refractivity contribution in [3.63, 3.8) is 0 Å². The molecule has 1 aliphatic carbocycles. The minimum absolute atomic E-state index is 0.0749. The number of carbonyl (C=O) groups is 1. The average molecular weight is 399 g/mol. The van der Waals surface area contributed by atoms with Crippen molar-refractivity contribution in [1.29, 1.82) is 0 Å². The maximum Gasteiger partial charge on any atom is 0.263 e. The third-order valence-corrected chi connectivity index (χ3v) is 6.58. The Labute approximate surface area is 161 Å². The predicted octanol–water partition coefficient (Wildman–Crippen LogP) is 3.69. The SMILES string of the molecule is O=C(Nc1cccc(S(=O)(=O)Nc2nccs2)c1)[C@@H]1C[C@H]1c1ccccc1. The molecule has 138 valence electrons. The van der Waals surface area contributed by atoms with Gasteiger partial charge in [-0.3, -0.25) is 9.52 Å². The van der Waals surface area contributed by atoms with Gasteiger partial charge < -0.3 is 5.32 Å². The van der Waals surface area contributed by atoms with Gasteiger partial charge in [0.1, 0.15) is 0 Å². The van der Waals surface area contributed by atoms with Crippen molar-refractivity contribution in [3.05, 3.63) is 71.7 Å². The van der Waals surface area contributed by atoms with E-state index in [4.69, 9.17) is 0 Å². The summed E-state index contributed by atoms with van der Waals surface area (Å²) in [6, 6.07) is 16.1. The zero-order valence-corrected chi connectivity index (χ0v) is 15.8. The van der Waals surface area contributed by atoms with Crippen LogP contribution in [0.25, 0.3) is 0 Å². The minimum atomic E-state index is -3.75. The third kappa shape index (κ3) is 4.01. The van der Waals surface area contributed by atoms with Gasteiger partial charge in [0.25, 0.3) is 10.0 Å². The number of hydrogen-bond donors (Lipinski definition) is 2. The summed E-state index contributed by atoms with van der Waals surface area (Å²) in [5, 5.41) is 4.82. The first-order valence-electron chi connectivity index (χ1n) is 8.41. The molecule has 8 heteroatoms. The van der Waals surface area contributed by atoms with Gasteiger partial charge in [-0.05, 0) is 36.1 Å². The quantitative estimate of drug-likeness (QED) is 0.662. The number of benzene rings is 2. The van der Waals surface area contributed by atoms with Gasteiger partial charge in [0.05, 0.1) is 4.90 Å². The summed E-state index contributed by atoms with van der Waals surface area (Å²) >= 11 is 1.20. The number of aromatic nitrogens is 1. The van der Waals surface area contributed by atoms with Crippen LogP contribution in [-0.4, -0.2) is 19.3 Å². The zero-order chi connectivity index (χ0) is 18.9. The molecule has 0 spiro atoms. The standard InChI is InChI=1S/C19H17N3O3S2/c23-18(17-12-16(17)13-5-2-1-3-6-13)21-14-7-4-8-15(11-14)27(24,25)22-19-20-9-10-26-19/h1-11,16-17H,12H2,(H,20,22)(H,21,23)/t16-,17+/m0/s1. The molecule has 2 aromatic carbocycles. The molecule has 0 radical (unpaired) electrons. The number of amides is 1. The van der Waals surface area contributed by atoms with Crippen LogP contribution in [0.1, 0.15) is 17.9 Å². The number of carbonyl (C=O) groups excluding carboxylic acids is 1. The van der Waals surface area contributed by atoms with Crippen LogP contribution in [0.2, 0.25) is 0 Å². The van der Waals surface area contributed by atoms with Crippen LogP contribution in [0, 0.1) is 5.92 Å². The molecule has 1 amide bonds. The van der Waals surface area contributed by atoms with E-state index in [1.807, 2.05) is 30.3 Å². The minimum Gasteiger partial charge on any atom is -0.326 e. The molecule has 4 rings (SSSR count). The Morgan fingerprint density at radius 2 is 1.93 bits per heavy atom. The number of sulfonamides is 1. The molecule has 1 saturated carbocycles. The average Bonchev–Trinajstić information content (AvgIpc) is 3.33. The van der Waals surface area contributed by atoms with Gasteiger partial charge in [-0.1, -0.05) is 36.4 Å². The van der Waals surface area contributed by atoms with E-state index in [0.717, 1.165) is 12.0 Å². The van der Waals surface area contributed by atoms with Crippen LogP contribution in [0.3, 0.4) is 0 Å². The predicted molar refractivity (Wildman–Crippen MR) is 105 cm³/mol. The molecule has 0 unspecified atom stereocenters. The summed E-state index contributed by atoms with van der Waals surface area (Å²) in [6.45, 7) is 0. The van der Waals surface area contributed by atoms with Crippen molar-refractivity contribution in [2.45, 2.75) is 17.2 Å². The summed E-state index contributed by atoms with van der Waals surface area (Å²) in [5.41, 5.74) is 1.61. The lowest BCUT2D eigenvalue weighted by Gasteiger charge is -2.09. The van der Waals surface area contributed by atoms with Gasteiger partial charge in [0.2, 0.25) is 5.91 Å². The zero-order valence-electron chi connectivity index (χ0n) is 14.2. The van der Waals surface area contributed by atoms with Crippen LogP contribution < -0.4 is 10.0 Å². The number of nitrogens with zero attached hydrogens (tertiary/aromatic N) is 1. The first-order valence-corrected chi connectivity index (χ1v) is 10.8. The molecule has 0 saturated heterocycles. The van der Waals surface area contributed by atoms with Gasteiger partial charge in [-0.2, -0.15) is 0 Å². The highest BCUT2D eigenvalue weighted by atomic mass is 32.2. The van der Waals surface area contributed by atoms with E-state index in [1.54, 1.807) is 17.5 Å². The Balaban J connectivity index is 1.45. The Bertz CT molecular complexity index is 1050. The maximum atomic E-state index is 12.5. The first kappa shape index (κ1) is 17.7. The Morgan fingerprint density at radius 3 is 2.67 bits per heavy atom. The van der Waals surface area contributed by atoms with E-state index in [-0.39, 0.29) is 22.6 Å². The number of nitrogens with one attached hydrogen (secondary N) is 2. The number of hydrogen-bond acceptors (Lipinski definition) is 5. The molecular weight excluding hydrogens is 382 g/mol. The summed E-state index contributed by atoms with van der Waals surface area (Å²) in [4.78, 5) is 16.5. The van der Waals surface area contributed by atoms with Gasteiger partial charge in [-0.15, -0.1) is 11.3 Å². The Morgan fingerprint density at radius 1 is 1.11 bits per heavy atom. The number of rotatable bonds is 6. The molecule has 1 aliphatic rings. The largest absolute Gasteiger partial charge is 0.326 e. The normalized spacial score (nSPS) is 18.7. The summed E-state index contributed by atoms with van der Waals surface area (Å²) < 4.78 is 27.4. The van der Waals surface area contributed by atoms with E-state index < -0.39 is 10.0 Å². The molecular formula is C19H17N3O3S2. The molecule has 1 aromatic heterocycles. The fourth-order valence-corrected chi connectivity index (χ4v) is 4.81. The lowest BCUT2D eigenvalue weighted by atomic mass is 10.1. The number of thiazole rings is 1. The second-order valence-corrected chi connectivity index (χ2v) is 8.90. The Kier molecular flexibility index (Phi) is 4.67. The van der Waals surface area contributed by atoms with Crippen molar-refractivity contribution in [1.82, 2.24) is 4.98 Å². The number of anilines is 2. The second kappa shape index (κ2) is 7.13. The monoisotopic (exact) mass is 399 g/mol. The highest BCUT2D eigenvalue weighted by Gasteiger charge is 2.43. The summed E-state index contributed by atoms with van der Waals surface area (Å²) in [5.74, 6) is 0.0528. The second-order valence-electron chi connectivity index (χ2n) is 6.32. The van der Waals surface area contributed by atoms with Crippen molar-refractivity contribution < 1.29 is 13.2 Å². The van der Waals surface area contributed by atoms with Crippen LogP contribution >= 0.6 is 11.3 Å². The van der Waals surface area contributed by atoms with Crippen molar-refractivity contribution in [2.75, 3.05) is 10.0 Å². The van der Waals surface area contributed by atoms with E-state index >= 15 is 0 Å². The third-order valence-electron chi connectivity index (χ3n) is 4.42. The van der Waals surface area contributed by atoms with Crippen molar-refractivity contribution in [2.24, 2.45) is 5.92 Å². The van der Waals surface area contributed by atoms with Crippen LogP contribution in [-0.2, 0) is 14.8 Å². The molecule has 1 fully saturated rings. The van der Waals surface area contributed by atoms with Crippen molar-refractivity contribution >= 4 is 38.1 Å². The van der Waals surface area contributed by atoms with E-state index in [2.05, 4.69) is 15.0 Å². The molecule has 0 bridgehead atoms. The van der Waals surface area contributed by atoms with Crippen molar-refractivity contribution in [3.8, 4) is 0 Å². The topological polar surface area (TPSA) is 88.2 Å². The summed E-state index contributed by atoms with van der Waals surface area (Å²) in [7, 11) is -3.75. The molecule has 3 aromatic rings. The van der Waals surface area contributed by atoms with Gasteiger partial charge >= 0.3 is 0 Å². The molecule has 0 aliphatic heterocycles. The highest BCUT2D eigenvalue weighted by molar-refractivity contribution is 7.93. The van der Waals surface area contributed by atoms with E-state index in [0.29, 0.717) is 10.8 Å². The van der Waals surface area contributed by atoms with Gasteiger partial charge in [0, 0.05) is 23.2 Å². The lowest BCUT2D eigenvalue weighted by Crippen LogP contribution is -2.16. The Hall–Kier alpha value is -2.71. The fourth-order valence-electron chi connectivity index (χ4n) is 2.98. The van der Waals surface area contributed by atoms with Gasteiger partial charge in [-0.25, -0.2) is 13.4 Å². The molecule has 6 nitrogen and oxygen atoms in total. The smallest absolute Gasteiger partial charge is 0.263 e. The van der Waals surface area contributed by atoms with E-state index in [9.17, 15) is 13.2 Å². The molecule has 27 heavy (non-hydrogen) atoms. The fraction of sp³-hybridized carbons (Fsp3) is 0.158. The highest BCUT2D eigenvalue weighted by Crippen LogP contribution is 2.47. The van der Waals surface area contributed by atoms with Crippen LogP contribution in [0.15, 0.2) is 71.1 Å². The van der Waals surface area contributed by atoms with E-state index in [1.165, 1.54) is 29.7 Å². The maximum absolute atomic E-state index is 12.5. The van der Waals surface area contributed by atoms with Crippen LogP contribution in [0.5, 0.6) is 0 Å². The lowest BCUT2D eigenvalue weighted by molar-refractivity contribution is -0.117. The molecule has 1 heterocycles. The first-order chi connectivity index (χ1) is 13.0. The summed E-state index contributed by atoms with van der Waals surface area (Å²) in [6.07, 6.45) is 2.33. The molecule has 2 N–H and O–H groups in total. The molecule has 2 atom stereocenters. The van der Waals surface area contributed by atoms with Gasteiger partial charge in [0.15, 0.2) is 5.13 Å².